The van der Waals surface area contributed by atoms with Gasteiger partial charge in [-0.1, -0.05) is 24.3 Å². The maximum atomic E-state index is 12.8. The summed E-state index contributed by atoms with van der Waals surface area (Å²) < 4.78 is 67.0. The molecule has 3 rings (SSSR count). The van der Waals surface area contributed by atoms with Crippen LogP contribution in [-0.4, -0.2) is 24.6 Å². The highest BCUT2D eigenvalue weighted by molar-refractivity contribution is 7.89. The number of aliphatic hydroxyl groups is 1. The molecule has 0 fully saturated rings. The van der Waals surface area contributed by atoms with Crippen LogP contribution in [0.3, 0.4) is 0 Å². The Balaban J connectivity index is 1.81. The molecule has 1 heterocycles. The summed E-state index contributed by atoms with van der Waals surface area (Å²) in [6.45, 7) is -0.368. The van der Waals surface area contributed by atoms with Crippen molar-refractivity contribution >= 4 is 20.9 Å². The van der Waals surface area contributed by atoms with Crippen LogP contribution in [0.2, 0.25) is 0 Å². The number of aliphatic hydroxyl groups excluding tert-OH is 1. The molecule has 0 aliphatic heterocycles. The second kappa shape index (κ2) is 6.99. The summed E-state index contributed by atoms with van der Waals surface area (Å²) in [5.41, 5.74) is 0.340. The molecule has 0 saturated carbocycles. The molecular formula is C18H17F3N2O3S. The fourth-order valence-electron chi connectivity index (χ4n) is 2.86. The quantitative estimate of drug-likeness (QED) is 0.693. The minimum atomic E-state index is -4.64. The van der Waals surface area contributed by atoms with Gasteiger partial charge in [0.25, 0.3) is 0 Å². The molecule has 0 bridgehead atoms. The van der Waals surface area contributed by atoms with Gasteiger partial charge in [0.1, 0.15) is 0 Å². The highest BCUT2D eigenvalue weighted by Gasteiger charge is 2.31. The van der Waals surface area contributed by atoms with E-state index in [1.807, 2.05) is 12.1 Å². The predicted octanol–water partition coefficient (Wildman–Crippen LogP) is 3.21. The Hall–Kier alpha value is -2.36. The van der Waals surface area contributed by atoms with Gasteiger partial charge in [-0.15, -0.1) is 0 Å². The van der Waals surface area contributed by atoms with Crippen LogP contribution in [-0.2, 0) is 23.2 Å². The standard InChI is InChI=1S/C18H17F3N2O3S/c1-23-11-15(14-7-2-3-8-16(14)23)17(24)10-22-27(25,26)13-6-4-5-12(9-13)18(19,20)21/h2-9,11,17,22,24H,10H2,1H3/t17-/m1/s1. The number of nitrogens with zero attached hydrogens (tertiary/aromatic N) is 1. The van der Waals surface area contributed by atoms with Crippen LogP contribution in [0, 0.1) is 0 Å². The normalized spacial score (nSPS) is 13.8. The van der Waals surface area contributed by atoms with Gasteiger partial charge in [0.2, 0.25) is 10.0 Å². The summed E-state index contributed by atoms with van der Waals surface area (Å²) in [6.07, 6.45) is -4.11. The molecular weight excluding hydrogens is 381 g/mol. The second-order valence-electron chi connectivity index (χ2n) is 6.11. The summed E-state index contributed by atoms with van der Waals surface area (Å²) in [7, 11) is -2.41. The number of halogens is 3. The molecule has 0 amide bonds. The van der Waals surface area contributed by atoms with Gasteiger partial charge < -0.3 is 9.67 Å². The second-order valence-corrected chi connectivity index (χ2v) is 7.87. The van der Waals surface area contributed by atoms with Gasteiger partial charge in [-0.2, -0.15) is 13.2 Å². The number of nitrogens with one attached hydrogen (secondary N) is 1. The maximum Gasteiger partial charge on any atom is 0.416 e. The van der Waals surface area contributed by atoms with Crippen molar-refractivity contribution in [2.24, 2.45) is 7.05 Å². The summed E-state index contributed by atoms with van der Waals surface area (Å²) >= 11 is 0. The van der Waals surface area contributed by atoms with Gasteiger partial charge in [0.15, 0.2) is 0 Å². The Morgan fingerprint density at radius 1 is 1.15 bits per heavy atom. The number of hydrogen-bond acceptors (Lipinski definition) is 3. The molecule has 1 atom stereocenters. The van der Waals surface area contributed by atoms with Crippen LogP contribution < -0.4 is 4.72 Å². The lowest BCUT2D eigenvalue weighted by Crippen LogP contribution is -2.28. The van der Waals surface area contributed by atoms with Crippen LogP contribution in [0.1, 0.15) is 17.2 Å². The summed E-state index contributed by atoms with van der Waals surface area (Å²) in [6, 6.07) is 10.8. The Kier molecular flexibility index (Phi) is 5.02. The molecule has 0 aliphatic carbocycles. The van der Waals surface area contributed by atoms with E-state index >= 15 is 0 Å². The van der Waals surface area contributed by atoms with Crippen molar-refractivity contribution in [3.05, 3.63) is 65.9 Å². The number of hydrogen-bond donors (Lipinski definition) is 2. The number of alkyl halides is 3. The molecule has 144 valence electrons. The van der Waals surface area contributed by atoms with Gasteiger partial charge >= 0.3 is 6.18 Å². The van der Waals surface area contributed by atoms with Gasteiger partial charge in [-0.25, -0.2) is 13.1 Å². The monoisotopic (exact) mass is 398 g/mol. The fourth-order valence-corrected chi connectivity index (χ4v) is 3.94. The van der Waals surface area contributed by atoms with Crippen molar-refractivity contribution in [2.45, 2.75) is 17.2 Å². The first-order valence-electron chi connectivity index (χ1n) is 7.98. The average molecular weight is 398 g/mol. The van der Waals surface area contributed by atoms with Crippen LogP contribution in [0.25, 0.3) is 10.9 Å². The van der Waals surface area contributed by atoms with Crippen LogP contribution in [0.5, 0.6) is 0 Å². The highest BCUT2D eigenvalue weighted by Crippen LogP contribution is 2.30. The minimum absolute atomic E-state index is 0.368. The first kappa shape index (κ1) is 19.4. The van der Waals surface area contributed by atoms with Crippen molar-refractivity contribution < 1.29 is 26.7 Å². The van der Waals surface area contributed by atoms with Gasteiger partial charge in [0, 0.05) is 36.3 Å². The molecule has 3 aromatic rings. The number of benzene rings is 2. The molecule has 0 spiro atoms. The van der Waals surface area contributed by atoms with Crippen LogP contribution >= 0.6 is 0 Å². The number of para-hydroxylation sites is 1. The maximum absolute atomic E-state index is 12.8. The lowest BCUT2D eigenvalue weighted by Gasteiger charge is -2.13. The molecule has 0 radical (unpaired) electrons. The van der Waals surface area contributed by atoms with E-state index in [0.29, 0.717) is 11.6 Å². The molecule has 1 aromatic heterocycles. The summed E-state index contributed by atoms with van der Waals surface area (Å²) in [5, 5.41) is 11.2. The molecule has 0 aliphatic rings. The highest BCUT2D eigenvalue weighted by atomic mass is 32.2. The van der Waals surface area contributed by atoms with E-state index in [2.05, 4.69) is 4.72 Å². The third kappa shape index (κ3) is 4.00. The van der Waals surface area contributed by atoms with Crippen LogP contribution in [0.4, 0.5) is 13.2 Å². The van der Waals surface area contributed by atoms with E-state index in [9.17, 15) is 26.7 Å². The van der Waals surface area contributed by atoms with Gasteiger partial charge in [0.05, 0.1) is 16.6 Å². The Morgan fingerprint density at radius 2 is 1.85 bits per heavy atom. The van der Waals surface area contributed by atoms with Gasteiger partial charge in [-0.05, 0) is 24.3 Å². The Labute approximate surface area is 154 Å². The molecule has 9 heteroatoms. The summed E-state index contributed by atoms with van der Waals surface area (Å²) in [4.78, 5) is -0.512. The molecule has 2 aromatic carbocycles. The lowest BCUT2D eigenvalue weighted by atomic mass is 10.1. The van der Waals surface area contributed by atoms with Crippen molar-refractivity contribution in [2.75, 3.05) is 6.54 Å². The molecule has 0 unspecified atom stereocenters. The number of fused-ring (bicyclic) bond motifs is 1. The fraction of sp³-hybridized carbons (Fsp3) is 0.222. The Morgan fingerprint density at radius 3 is 2.56 bits per heavy atom. The number of aryl methyl sites for hydroxylation is 1. The first-order chi connectivity index (χ1) is 12.6. The predicted molar refractivity (Wildman–Crippen MR) is 94.5 cm³/mol. The largest absolute Gasteiger partial charge is 0.416 e. The Bertz CT molecular complexity index is 1070. The topological polar surface area (TPSA) is 71.3 Å². The minimum Gasteiger partial charge on any atom is -0.387 e. The van der Waals surface area contributed by atoms with E-state index in [1.165, 1.54) is 0 Å². The third-order valence-corrected chi connectivity index (χ3v) is 5.65. The molecule has 5 nitrogen and oxygen atoms in total. The lowest BCUT2D eigenvalue weighted by molar-refractivity contribution is -0.137. The first-order valence-corrected chi connectivity index (χ1v) is 9.47. The van der Waals surface area contributed by atoms with E-state index < -0.39 is 32.8 Å². The zero-order valence-electron chi connectivity index (χ0n) is 14.2. The van der Waals surface area contributed by atoms with Crippen molar-refractivity contribution in [3.8, 4) is 0 Å². The molecule has 0 saturated heterocycles. The van der Waals surface area contributed by atoms with Crippen molar-refractivity contribution in [3.63, 3.8) is 0 Å². The number of sulfonamides is 1. The summed E-state index contributed by atoms with van der Waals surface area (Å²) in [5.74, 6) is 0. The van der Waals surface area contributed by atoms with E-state index in [-0.39, 0.29) is 6.54 Å². The van der Waals surface area contributed by atoms with Crippen LogP contribution in [0.15, 0.2) is 59.6 Å². The smallest absolute Gasteiger partial charge is 0.387 e. The average Bonchev–Trinajstić information content (AvgIpc) is 2.96. The molecule has 2 N–H and O–H groups in total. The number of aromatic nitrogens is 1. The van der Waals surface area contributed by atoms with Crippen molar-refractivity contribution in [1.82, 2.24) is 9.29 Å². The number of rotatable bonds is 5. The van der Waals surface area contributed by atoms with Gasteiger partial charge in [-0.3, -0.25) is 0 Å². The zero-order valence-corrected chi connectivity index (χ0v) is 15.1. The van der Waals surface area contributed by atoms with E-state index in [1.54, 1.807) is 29.9 Å². The van der Waals surface area contributed by atoms with E-state index in [4.69, 9.17) is 0 Å². The third-order valence-electron chi connectivity index (χ3n) is 4.23. The SMILES string of the molecule is Cn1cc([C@H](O)CNS(=O)(=O)c2cccc(C(F)(F)F)c2)c2ccccc21. The van der Waals surface area contributed by atoms with E-state index in [0.717, 1.165) is 29.1 Å². The zero-order chi connectivity index (χ0) is 19.8. The molecule has 27 heavy (non-hydrogen) atoms. The van der Waals surface area contributed by atoms with Crippen molar-refractivity contribution in [1.29, 1.82) is 0 Å².